The summed E-state index contributed by atoms with van der Waals surface area (Å²) >= 11 is 0. The third-order valence-corrected chi connectivity index (χ3v) is 3.18. The number of carbonyl (C=O) groups excluding carboxylic acids is 1. The molecule has 2 rings (SSSR count). The molecule has 1 aliphatic rings. The molecule has 1 unspecified atom stereocenters. The molecule has 0 radical (unpaired) electrons. The van der Waals surface area contributed by atoms with Crippen LogP contribution >= 0.6 is 0 Å². The van der Waals surface area contributed by atoms with Gasteiger partial charge in [0.2, 0.25) is 0 Å². The summed E-state index contributed by atoms with van der Waals surface area (Å²) in [5.41, 5.74) is 0.237. The first-order chi connectivity index (χ1) is 8.11. The van der Waals surface area contributed by atoms with Crippen LogP contribution in [0.25, 0.3) is 0 Å². The molecule has 1 N–H and O–H groups in total. The molecule has 17 heavy (non-hydrogen) atoms. The lowest BCUT2D eigenvalue weighted by molar-refractivity contribution is 0.0781. The molecule has 0 saturated carbocycles. The Hall–Kier alpha value is -1.62. The SMILES string of the molecule is Cn1ccc(C(=O)N2CCC(CO)C2)cc1=O. The molecule has 1 fully saturated rings. The Kier molecular flexibility index (Phi) is 3.28. The lowest BCUT2D eigenvalue weighted by atomic mass is 10.1. The van der Waals surface area contributed by atoms with Crippen molar-refractivity contribution in [3.05, 3.63) is 34.2 Å². The number of aryl methyl sites for hydroxylation is 1. The van der Waals surface area contributed by atoms with Gasteiger partial charge >= 0.3 is 0 Å². The maximum Gasteiger partial charge on any atom is 0.254 e. The largest absolute Gasteiger partial charge is 0.396 e. The van der Waals surface area contributed by atoms with Crippen molar-refractivity contribution in [3.63, 3.8) is 0 Å². The number of aliphatic hydroxyl groups is 1. The first-order valence-electron chi connectivity index (χ1n) is 5.68. The smallest absolute Gasteiger partial charge is 0.254 e. The van der Waals surface area contributed by atoms with Gasteiger partial charge in [-0.2, -0.15) is 0 Å². The van der Waals surface area contributed by atoms with Crippen LogP contribution in [-0.2, 0) is 7.05 Å². The highest BCUT2D eigenvalue weighted by molar-refractivity contribution is 5.94. The van der Waals surface area contributed by atoms with Gasteiger partial charge in [0.05, 0.1) is 0 Å². The molecule has 92 valence electrons. The average Bonchev–Trinajstić information content (AvgIpc) is 2.80. The summed E-state index contributed by atoms with van der Waals surface area (Å²) in [5, 5.41) is 9.03. The van der Waals surface area contributed by atoms with Gasteiger partial charge < -0.3 is 14.6 Å². The second kappa shape index (κ2) is 4.71. The third kappa shape index (κ3) is 2.39. The first kappa shape index (κ1) is 11.9. The molecule has 1 atom stereocenters. The Balaban J connectivity index is 2.15. The van der Waals surface area contributed by atoms with Crippen molar-refractivity contribution < 1.29 is 9.90 Å². The Morgan fingerprint density at radius 1 is 1.59 bits per heavy atom. The van der Waals surface area contributed by atoms with E-state index in [9.17, 15) is 9.59 Å². The average molecular weight is 236 g/mol. The molecule has 0 aliphatic carbocycles. The van der Waals surface area contributed by atoms with Crippen LogP contribution in [0, 0.1) is 5.92 Å². The third-order valence-electron chi connectivity index (χ3n) is 3.18. The van der Waals surface area contributed by atoms with Crippen LogP contribution in [0.15, 0.2) is 23.1 Å². The quantitative estimate of drug-likeness (QED) is 0.776. The first-order valence-corrected chi connectivity index (χ1v) is 5.68. The summed E-state index contributed by atoms with van der Waals surface area (Å²) in [6.45, 7) is 1.34. The molecule has 2 heterocycles. The number of carbonyl (C=O) groups is 1. The van der Waals surface area contributed by atoms with Gasteiger partial charge in [0.25, 0.3) is 11.5 Å². The fourth-order valence-electron chi connectivity index (χ4n) is 2.03. The Morgan fingerprint density at radius 2 is 2.35 bits per heavy atom. The van der Waals surface area contributed by atoms with E-state index >= 15 is 0 Å². The molecular weight excluding hydrogens is 220 g/mol. The maximum atomic E-state index is 12.1. The van der Waals surface area contributed by atoms with Crippen LogP contribution < -0.4 is 5.56 Å². The molecular formula is C12H16N2O3. The van der Waals surface area contributed by atoms with Crippen molar-refractivity contribution in [3.8, 4) is 0 Å². The molecule has 0 aromatic carbocycles. The second-order valence-electron chi connectivity index (χ2n) is 4.45. The van der Waals surface area contributed by atoms with Gasteiger partial charge in [-0.15, -0.1) is 0 Å². The van der Waals surface area contributed by atoms with Gasteiger partial charge in [0.1, 0.15) is 0 Å². The molecule has 1 aromatic heterocycles. The number of amides is 1. The number of nitrogens with zero attached hydrogens (tertiary/aromatic N) is 2. The predicted octanol–water partition coefficient (Wildman–Crippen LogP) is -0.160. The number of aromatic nitrogens is 1. The summed E-state index contributed by atoms with van der Waals surface area (Å²) in [6.07, 6.45) is 2.42. The summed E-state index contributed by atoms with van der Waals surface area (Å²) in [5.74, 6) is 0.0455. The zero-order valence-corrected chi connectivity index (χ0v) is 9.80. The summed E-state index contributed by atoms with van der Waals surface area (Å²) in [4.78, 5) is 25.2. The molecule has 5 nitrogen and oxygen atoms in total. The second-order valence-corrected chi connectivity index (χ2v) is 4.45. The lowest BCUT2D eigenvalue weighted by Gasteiger charge is -2.16. The maximum absolute atomic E-state index is 12.1. The monoisotopic (exact) mass is 236 g/mol. The van der Waals surface area contributed by atoms with Crippen molar-refractivity contribution in [1.29, 1.82) is 0 Å². The number of hydrogen-bond acceptors (Lipinski definition) is 3. The topological polar surface area (TPSA) is 62.5 Å². The zero-order chi connectivity index (χ0) is 12.4. The zero-order valence-electron chi connectivity index (χ0n) is 9.80. The van der Waals surface area contributed by atoms with Crippen LogP contribution in [0.3, 0.4) is 0 Å². The summed E-state index contributed by atoms with van der Waals surface area (Å²) < 4.78 is 1.43. The number of aliphatic hydroxyl groups excluding tert-OH is 1. The van der Waals surface area contributed by atoms with Gasteiger partial charge in [-0.25, -0.2) is 0 Å². The number of hydrogen-bond donors (Lipinski definition) is 1. The van der Waals surface area contributed by atoms with E-state index in [1.807, 2.05) is 0 Å². The number of likely N-dealkylation sites (tertiary alicyclic amines) is 1. The minimum absolute atomic E-state index is 0.111. The van der Waals surface area contributed by atoms with E-state index < -0.39 is 0 Å². The van der Waals surface area contributed by atoms with E-state index in [0.717, 1.165) is 6.42 Å². The highest BCUT2D eigenvalue weighted by atomic mass is 16.3. The van der Waals surface area contributed by atoms with E-state index in [1.54, 1.807) is 24.2 Å². The van der Waals surface area contributed by atoms with E-state index in [4.69, 9.17) is 5.11 Å². The highest BCUT2D eigenvalue weighted by Crippen LogP contribution is 2.17. The van der Waals surface area contributed by atoms with Crippen LogP contribution in [0.5, 0.6) is 0 Å². The van der Waals surface area contributed by atoms with Crippen LogP contribution in [0.2, 0.25) is 0 Å². The molecule has 0 bridgehead atoms. The van der Waals surface area contributed by atoms with Gasteiger partial charge in [-0.05, 0) is 12.5 Å². The van der Waals surface area contributed by atoms with E-state index in [2.05, 4.69) is 0 Å². The van der Waals surface area contributed by atoms with Gasteiger partial charge in [0.15, 0.2) is 0 Å². The van der Waals surface area contributed by atoms with Gasteiger partial charge in [-0.1, -0.05) is 0 Å². The van der Waals surface area contributed by atoms with Crippen LogP contribution in [0.1, 0.15) is 16.8 Å². The lowest BCUT2D eigenvalue weighted by Crippen LogP contribution is -2.30. The standard InChI is InChI=1S/C12H16N2O3/c1-13-4-3-10(6-11(13)16)12(17)14-5-2-9(7-14)8-15/h3-4,6,9,15H,2,5,7-8H2,1H3. The number of rotatable bonds is 2. The molecule has 0 spiro atoms. The molecule has 1 aromatic rings. The summed E-state index contributed by atoms with van der Waals surface area (Å²) in [7, 11) is 1.65. The Bertz CT molecular complexity index is 481. The molecule has 1 amide bonds. The van der Waals surface area contributed by atoms with Gasteiger partial charge in [-0.3, -0.25) is 9.59 Å². The van der Waals surface area contributed by atoms with E-state index in [-0.39, 0.29) is 24.0 Å². The highest BCUT2D eigenvalue weighted by Gasteiger charge is 2.26. The van der Waals surface area contributed by atoms with E-state index in [1.165, 1.54) is 10.6 Å². The van der Waals surface area contributed by atoms with Crippen molar-refractivity contribution in [1.82, 2.24) is 9.47 Å². The van der Waals surface area contributed by atoms with Crippen LogP contribution in [-0.4, -0.2) is 40.2 Å². The fraction of sp³-hybridized carbons (Fsp3) is 0.500. The molecule has 5 heteroatoms. The number of pyridine rings is 1. The normalized spacial score (nSPS) is 19.6. The predicted molar refractivity (Wildman–Crippen MR) is 62.8 cm³/mol. The van der Waals surface area contributed by atoms with Crippen molar-refractivity contribution in [2.45, 2.75) is 6.42 Å². The minimum Gasteiger partial charge on any atom is -0.396 e. The van der Waals surface area contributed by atoms with Crippen molar-refractivity contribution in [2.24, 2.45) is 13.0 Å². The fourth-order valence-corrected chi connectivity index (χ4v) is 2.03. The van der Waals surface area contributed by atoms with Crippen LogP contribution in [0.4, 0.5) is 0 Å². The molecule has 1 aliphatic heterocycles. The molecule has 1 saturated heterocycles. The van der Waals surface area contributed by atoms with E-state index in [0.29, 0.717) is 18.7 Å². The Labute approximate surface area is 99.3 Å². The summed E-state index contributed by atoms with van der Waals surface area (Å²) in [6, 6.07) is 3.00. The van der Waals surface area contributed by atoms with Gasteiger partial charge in [0, 0.05) is 50.5 Å². The van der Waals surface area contributed by atoms with Crippen molar-refractivity contribution in [2.75, 3.05) is 19.7 Å². The van der Waals surface area contributed by atoms with Crippen molar-refractivity contribution >= 4 is 5.91 Å². The minimum atomic E-state index is -0.186. The Morgan fingerprint density at radius 3 is 2.94 bits per heavy atom.